The van der Waals surface area contributed by atoms with Crippen LogP contribution in [0.25, 0.3) is 0 Å². The molecule has 1 aliphatic carbocycles. The first kappa shape index (κ1) is 21.7. The first-order valence-corrected chi connectivity index (χ1v) is 10.6. The zero-order valence-electron chi connectivity index (χ0n) is 18.5. The molecule has 2 aromatic carbocycles. The van der Waals surface area contributed by atoms with Gasteiger partial charge in [-0.05, 0) is 25.7 Å². The van der Waals surface area contributed by atoms with Gasteiger partial charge in [0.1, 0.15) is 17.9 Å². The zero-order chi connectivity index (χ0) is 22.7. The van der Waals surface area contributed by atoms with Crippen molar-refractivity contribution in [2.45, 2.75) is 31.3 Å². The van der Waals surface area contributed by atoms with Crippen LogP contribution in [0.1, 0.15) is 31.2 Å². The number of methoxy groups -OCH3 is 3. The van der Waals surface area contributed by atoms with Crippen LogP contribution in [0.4, 0.5) is 5.69 Å². The second kappa shape index (κ2) is 8.90. The number of amides is 2. The van der Waals surface area contributed by atoms with Crippen LogP contribution in [-0.4, -0.2) is 56.0 Å². The van der Waals surface area contributed by atoms with E-state index in [0.717, 1.165) is 31.2 Å². The zero-order valence-corrected chi connectivity index (χ0v) is 18.5. The first-order chi connectivity index (χ1) is 15.5. The van der Waals surface area contributed by atoms with E-state index in [9.17, 15) is 9.59 Å². The lowest BCUT2D eigenvalue weighted by atomic mass is 10.1. The van der Waals surface area contributed by atoms with Gasteiger partial charge in [0.05, 0.1) is 21.3 Å². The maximum Gasteiger partial charge on any atom is 0.275 e. The van der Waals surface area contributed by atoms with E-state index in [1.54, 1.807) is 17.0 Å². The Hall–Kier alpha value is -3.55. The van der Waals surface area contributed by atoms with Crippen LogP contribution >= 0.6 is 0 Å². The third-order valence-corrected chi connectivity index (χ3v) is 5.97. The van der Waals surface area contributed by atoms with Gasteiger partial charge in [-0.1, -0.05) is 30.3 Å². The number of nitrogens with zero attached hydrogens (tertiary/aromatic N) is 2. The summed E-state index contributed by atoms with van der Waals surface area (Å²) in [5.74, 6) is 0.776. The Balaban J connectivity index is 1.56. The molecule has 4 rings (SSSR count). The molecule has 2 aliphatic rings. The Bertz CT molecular complexity index is 1020. The molecule has 0 saturated heterocycles. The predicted molar refractivity (Wildman–Crippen MR) is 121 cm³/mol. The summed E-state index contributed by atoms with van der Waals surface area (Å²) in [5, 5.41) is 2.85. The highest BCUT2D eigenvalue weighted by molar-refractivity contribution is 6.47. The molecule has 1 aliphatic heterocycles. The number of aliphatic imine (C=N–C) groups is 1. The Morgan fingerprint density at radius 1 is 1.03 bits per heavy atom. The van der Waals surface area contributed by atoms with Crippen LogP contribution in [0.2, 0.25) is 0 Å². The SMILES string of the molecule is COc1cc(NC(=O)CN2C(=O)C(c3ccccc3)=NC23CCCC3)cc(OC)c1OC. The van der Waals surface area contributed by atoms with E-state index < -0.39 is 5.66 Å². The summed E-state index contributed by atoms with van der Waals surface area (Å²) in [6.45, 7) is -0.0880. The van der Waals surface area contributed by atoms with Crippen molar-refractivity contribution in [3.8, 4) is 17.2 Å². The lowest BCUT2D eigenvalue weighted by Crippen LogP contribution is -2.48. The van der Waals surface area contributed by atoms with Crippen molar-refractivity contribution in [3.63, 3.8) is 0 Å². The van der Waals surface area contributed by atoms with E-state index in [4.69, 9.17) is 19.2 Å². The minimum absolute atomic E-state index is 0.0880. The minimum atomic E-state index is -0.644. The van der Waals surface area contributed by atoms with E-state index in [0.29, 0.717) is 28.6 Å². The summed E-state index contributed by atoms with van der Waals surface area (Å²) in [4.78, 5) is 32.7. The Kier molecular flexibility index (Phi) is 6.03. The van der Waals surface area contributed by atoms with E-state index in [1.807, 2.05) is 30.3 Å². The Labute approximate surface area is 187 Å². The van der Waals surface area contributed by atoms with Gasteiger partial charge in [0.15, 0.2) is 11.5 Å². The highest BCUT2D eigenvalue weighted by atomic mass is 16.5. The highest BCUT2D eigenvalue weighted by Gasteiger charge is 2.49. The van der Waals surface area contributed by atoms with Gasteiger partial charge in [-0.15, -0.1) is 0 Å². The topological polar surface area (TPSA) is 89.5 Å². The standard InChI is InChI=1S/C24H27N3O5/c1-30-18-13-17(14-19(31-2)22(18)32-3)25-20(28)15-27-23(29)21(16-9-5-4-6-10-16)26-24(27)11-7-8-12-24/h4-6,9-10,13-14H,7-8,11-12,15H2,1-3H3,(H,25,28). The molecule has 2 aromatic rings. The molecular weight excluding hydrogens is 410 g/mol. The van der Waals surface area contributed by atoms with E-state index in [-0.39, 0.29) is 18.4 Å². The molecule has 8 heteroatoms. The number of ether oxygens (including phenoxy) is 3. The molecule has 1 saturated carbocycles. The summed E-state index contributed by atoms with van der Waals surface area (Å²) in [5.41, 5.74) is 1.04. The van der Waals surface area contributed by atoms with Gasteiger partial charge < -0.3 is 24.4 Å². The number of benzene rings is 2. The molecule has 2 amide bonds. The van der Waals surface area contributed by atoms with Crippen molar-refractivity contribution >= 4 is 23.2 Å². The smallest absolute Gasteiger partial charge is 0.275 e. The van der Waals surface area contributed by atoms with Gasteiger partial charge in [0.25, 0.3) is 5.91 Å². The van der Waals surface area contributed by atoms with E-state index in [2.05, 4.69) is 5.32 Å². The lowest BCUT2D eigenvalue weighted by Gasteiger charge is -2.32. The number of hydrogen-bond acceptors (Lipinski definition) is 6. The highest BCUT2D eigenvalue weighted by Crippen LogP contribution is 2.42. The summed E-state index contributed by atoms with van der Waals surface area (Å²) >= 11 is 0. The van der Waals surface area contributed by atoms with Gasteiger partial charge in [-0.2, -0.15) is 0 Å². The minimum Gasteiger partial charge on any atom is -0.493 e. The van der Waals surface area contributed by atoms with Crippen LogP contribution in [0, 0.1) is 0 Å². The lowest BCUT2D eigenvalue weighted by molar-refractivity contribution is -0.132. The molecule has 1 heterocycles. The molecule has 0 unspecified atom stereocenters. The van der Waals surface area contributed by atoms with Crippen molar-refractivity contribution in [3.05, 3.63) is 48.0 Å². The van der Waals surface area contributed by atoms with Gasteiger partial charge in [0, 0.05) is 23.4 Å². The maximum absolute atomic E-state index is 13.3. The van der Waals surface area contributed by atoms with Gasteiger partial charge in [-0.25, -0.2) is 0 Å². The Morgan fingerprint density at radius 3 is 2.22 bits per heavy atom. The summed E-state index contributed by atoms with van der Waals surface area (Å²) in [6.07, 6.45) is 3.47. The molecule has 168 valence electrons. The molecule has 0 atom stereocenters. The number of nitrogens with one attached hydrogen (secondary N) is 1. The monoisotopic (exact) mass is 437 g/mol. The fraction of sp³-hybridized carbons (Fsp3) is 0.375. The van der Waals surface area contributed by atoms with Crippen molar-refractivity contribution in [1.29, 1.82) is 0 Å². The fourth-order valence-corrected chi connectivity index (χ4v) is 4.46. The van der Waals surface area contributed by atoms with Gasteiger partial charge in [-0.3, -0.25) is 14.6 Å². The largest absolute Gasteiger partial charge is 0.493 e. The normalized spacial score (nSPS) is 16.8. The van der Waals surface area contributed by atoms with E-state index in [1.165, 1.54) is 21.3 Å². The molecule has 0 radical (unpaired) electrons. The number of carbonyl (C=O) groups is 2. The quantitative estimate of drug-likeness (QED) is 0.718. The van der Waals surface area contributed by atoms with Crippen LogP contribution in [0.15, 0.2) is 47.5 Å². The summed E-state index contributed by atoms with van der Waals surface area (Å²) in [7, 11) is 4.54. The average molecular weight is 437 g/mol. The van der Waals surface area contributed by atoms with E-state index >= 15 is 0 Å². The van der Waals surface area contributed by atoms with Crippen LogP contribution in [-0.2, 0) is 9.59 Å². The van der Waals surface area contributed by atoms with Crippen molar-refractivity contribution < 1.29 is 23.8 Å². The number of anilines is 1. The molecule has 1 spiro atoms. The molecule has 0 bridgehead atoms. The second-order valence-corrected chi connectivity index (χ2v) is 7.87. The van der Waals surface area contributed by atoms with Crippen molar-refractivity contribution in [2.75, 3.05) is 33.2 Å². The number of hydrogen-bond donors (Lipinski definition) is 1. The molecule has 1 N–H and O–H groups in total. The first-order valence-electron chi connectivity index (χ1n) is 10.6. The van der Waals surface area contributed by atoms with Crippen molar-refractivity contribution in [2.24, 2.45) is 4.99 Å². The average Bonchev–Trinajstić information content (AvgIpc) is 3.39. The van der Waals surface area contributed by atoms with Gasteiger partial charge in [0.2, 0.25) is 11.7 Å². The Morgan fingerprint density at radius 2 is 1.66 bits per heavy atom. The summed E-state index contributed by atoms with van der Waals surface area (Å²) in [6, 6.07) is 12.7. The molecule has 32 heavy (non-hydrogen) atoms. The van der Waals surface area contributed by atoms with Crippen LogP contribution in [0.5, 0.6) is 17.2 Å². The van der Waals surface area contributed by atoms with Crippen LogP contribution in [0.3, 0.4) is 0 Å². The fourth-order valence-electron chi connectivity index (χ4n) is 4.46. The second-order valence-electron chi connectivity index (χ2n) is 7.87. The third kappa shape index (κ3) is 3.88. The number of rotatable bonds is 7. The molecule has 0 aromatic heterocycles. The summed E-state index contributed by atoms with van der Waals surface area (Å²) < 4.78 is 16.0. The molecule has 1 fully saturated rings. The predicted octanol–water partition coefficient (Wildman–Crippen LogP) is 3.25. The third-order valence-electron chi connectivity index (χ3n) is 5.97. The molecular formula is C24H27N3O5. The van der Waals surface area contributed by atoms with Crippen molar-refractivity contribution in [1.82, 2.24) is 4.90 Å². The number of carbonyl (C=O) groups excluding carboxylic acids is 2. The van der Waals surface area contributed by atoms with Crippen LogP contribution < -0.4 is 19.5 Å². The van der Waals surface area contributed by atoms with Gasteiger partial charge >= 0.3 is 0 Å². The maximum atomic E-state index is 13.3. The molecule has 8 nitrogen and oxygen atoms in total.